The molecule has 0 aliphatic heterocycles. The number of carbonyl (C=O) groups is 1. The Morgan fingerprint density at radius 3 is 2.53 bits per heavy atom. The molecule has 6 heteroatoms. The molecule has 0 saturated heterocycles. The lowest BCUT2D eigenvalue weighted by Gasteiger charge is -2.25. The summed E-state index contributed by atoms with van der Waals surface area (Å²) in [4.78, 5) is 12.2. The van der Waals surface area contributed by atoms with E-state index in [0.717, 1.165) is 6.26 Å². The number of rotatable bonds is 5. The van der Waals surface area contributed by atoms with E-state index in [1.807, 2.05) is 13.8 Å². The number of amides is 1. The van der Waals surface area contributed by atoms with Gasteiger partial charge in [-0.25, -0.2) is 8.42 Å². The molecule has 0 fully saturated rings. The Bertz CT molecular complexity index is 567. The van der Waals surface area contributed by atoms with Crippen molar-refractivity contribution < 1.29 is 13.2 Å². The summed E-state index contributed by atoms with van der Waals surface area (Å²) < 4.78 is 22.9. The Morgan fingerprint density at radius 1 is 1.37 bits per heavy atom. The predicted molar refractivity (Wildman–Crippen MR) is 76.4 cm³/mol. The van der Waals surface area contributed by atoms with Crippen LogP contribution in [0.4, 0.5) is 0 Å². The molecule has 0 atom stereocenters. The van der Waals surface area contributed by atoms with Crippen LogP contribution in [0, 0.1) is 0 Å². The van der Waals surface area contributed by atoms with Crippen molar-refractivity contribution in [3.05, 3.63) is 29.8 Å². The minimum absolute atomic E-state index is 0.135. The lowest BCUT2D eigenvalue weighted by Crippen LogP contribution is -2.43. The molecule has 1 aromatic carbocycles. The standard InChI is InChI=1S/C13H18ClNO3S/c1-13(2,7-8-14)15-12(16)10-5-4-6-11(9-10)19(3,17)18/h4-6,9H,7-8H2,1-3H3,(H,15,16). The van der Waals surface area contributed by atoms with Crippen LogP contribution >= 0.6 is 11.6 Å². The van der Waals surface area contributed by atoms with Gasteiger partial charge in [0.1, 0.15) is 0 Å². The van der Waals surface area contributed by atoms with Crippen molar-refractivity contribution in [3.63, 3.8) is 0 Å². The van der Waals surface area contributed by atoms with Crippen molar-refractivity contribution in [3.8, 4) is 0 Å². The Labute approximate surface area is 119 Å². The number of alkyl halides is 1. The van der Waals surface area contributed by atoms with Crippen molar-refractivity contribution in [2.75, 3.05) is 12.1 Å². The Hall–Kier alpha value is -1.07. The first-order valence-electron chi connectivity index (χ1n) is 5.84. The molecule has 0 radical (unpaired) electrons. The second kappa shape index (κ2) is 5.92. The van der Waals surface area contributed by atoms with Crippen LogP contribution in [0.15, 0.2) is 29.2 Å². The first-order chi connectivity index (χ1) is 8.65. The van der Waals surface area contributed by atoms with Crippen LogP contribution in [-0.2, 0) is 9.84 Å². The van der Waals surface area contributed by atoms with Gasteiger partial charge in [-0.1, -0.05) is 6.07 Å². The molecule has 0 aliphatic carbocycles. The summed E-state index contributed by atoms with van der Waals surface area (Å²) in [6.45, 7) is 3.74. The first-order valence-corrected chi connectivity index (χ1v) is 8.27. The van der Waals surface area contributed by atoms with Crippen LogP contribution in [0.2, 0.25) is 0 Å². The largest absolute Gasteiger partial charge is 0.347 e. The zero-order valence-corrected chi connectivity index (χ0v) is 12.8. The Kier molecular flexibility index (Phi) is 4.98. The van der Waals surface area contributed by atoms with Crippen molar-refractivity contribution >= 4 is 27.3 Å². The van der Waals surface area contributed by atoms with Gasteiger partial charge in [0.05, 0.1) is 4.90 Å². The maximum Gasteiger partial charge on any atom is 0.251 e. The summed E-state index contributed by atoms with van der Waals surface area (Å²) in [5.74, 6) is 0.136. The molecule has 0 heterocycles. The molecule has 0 unspecified atom stereocenters. The second-order valence-corrected chi connectivity index (χ2v) is 7.47. The normalized spacial score (nSPS) is 12.2. The van der Waals surface area contributed by atoms with Gasteiger partial charge < -0.3 is 5.32 Å². The average Bonchev–Trinajstić information content (AvgIpc) is 2.27. The van der Waals surface area contributed by atoms with E-state index in [4.69, 9.17) is 11.6 Å². The van der Waals surface area contributed by atoms with Crippen molar-refractivity contribution in [2.45, 2.75) is 30.7 Å². The highest BCUT2D eigenvalue weighted by atomic mass is 35.5. The minimum Gasteiger partial charge on any atom is -0.347 e. The highest BCUT2D eigenvalue weighted by Gasteiger charge is 2.21. The fourth-order valence-electron chi connectivity index (χ4n) is 1.55. The molecule has 106 valence electrons. The van der Waals surface area contributed by atoms with Gasteiger partial charge in [-0.15, -0.1) is 11.6 Å². The molecular formula is C13H18ClNO3S. The van der Waals surface area contributed by atoms with E-state index >= 15 is 0 Å². The van der Waals surface area contributed by atoms with Gasteiger partial charge in [0.2, 0.25) is 0 Å². The number of nitrogens with one attached hydrogen (secondary N) is 1. The molecule has 1 aromatic rings. The third kappa shape index (κ3) is 4.84. The maximum absolute atomic E-state index is 12.1. The van der Waals surface area contributed by atoms with E-state index in [1.54, 1.807) is 12.1 Å². The first kappa shape index (κ1) is 16.0. The number of hydrogen-bond donors (Lipinski definition) is 1. The van der Waals surface area contributed by atoms with Crippen LogP contribution in [0.25, 0.3) is 0 Å². The lowest BCUT2D eigenvalue weighted by atomic mass is 10.0. The van der Waals surface area contributed by atoms with Gasteiger partial charge in [0.25, 0.3) is 5.91 Å². The quantitative estimate of drug-likeness (QED) is 0.848. The van der Waals surface area contributed by atoms with Gasteiger partial charge >= 0.3 is 0 Å². The molecular weight excluding hydrogens is 286 g/mol. The van der Waals surface area contributed by atoms with E-state index in [2.05, 4.69) is 5.32 Å². The molecule has 0 spiro atoms. The summed E-state index contributed by atoms with van der Waals surface area (Å²) >= 11 is 5.67. The molecule has 19 heavy (non-hydrogen) atoms. The number of hydrogen-bond acceptors (Lipinski definition) is 3. The van der Waals surface area contributed by atoms with Crippen LogP contribution < -0.4 is 5.32 Å². The third-order valence-corrected chi connectivity index (χ3v) is 4.00. The molecule has 1 rings (SSSR count). The summed E-state index contributed by atoms with van der Waals surface area (Å²) in [5.41, 5.74) is -0.106. The van der Waals surface area contributed by atoms with Crippen LogP contribution in [0.3, 0.4) is 0 Å². The zero-order chi connectivity index (χ0) is 14.7. The highest BCUT2D eigenvalue weighted by Crippen LogP contribution is 2.14. The third-order valence-electron chi connectivity index (χ3n) is 2.70. The maximum atomic E-state index is 12.1. The number of carbonyl (C=O) groups excluding carboxylic acids is 1. The van der Waals surface area contributed by atoms with Crippen molar-refractivity contribution in [1.29, 1.82) is 0 Å². The van der Waals surface area contributed by atoms with E-state index in [9.17, 15) is 13.2 Å². The molecule has 4 nitrogen and oxygen atoms in total. The van der Waals surface area contributed by atoms with Gasteiger partial charge in [0, 0.05) is 23.2 Å². The SMILES string of the molecule is CC(C)(CCCl)NC(=O)c1cccc(S(C)(=O)=O)c1. The average molecular weight is 304 g/mol. The fraction of sp³-hybridized carbons (Fsp3) is 0.462. The number of benzene rings is 1. The predicted octanol–water partition coefficient (Wildman–Crippen LogP) is 2.23. The van der Waals surface area contributed by atoms with E-state index in [-0.39, 0.29) is 10.8 Å². The topological polar surface area (TPSA) is 63.2 Å². The Balaban J connectivity index is 2.96. The summed E-state index contributed by atoms with van der Waals surface area (Å²) in [7, 11) is -3.31. The van der Waals surface area contributed by atoms with Gasteiger partial charge in [-0.3, -0.25) is 4.79 Å². The van der Waals surface area contributed by atoms with Crippen molar-refractivity contribution in [1.82, 2.24) is 5.32 Å². The zero-order valence-electron chi connectivity index (χ0n) is 11.2. The van der Waals surface area contributed by atoms with E-state index in [1.165, 1.54) is 12.1 Å². The minimum atomic E-state index is -3.31. The highest BCUT2D eigenvalue weighted by molar-refractivity contribution is 7.90. The smallest absolute Gasteiger partial charge is 0.251 e. The monoisotopic (exact) mass is 303 g/mol. The van der Waals surface area contributed by atoms with Gasteiger partial charge in [-0.2, -0.15) is 0 Å². The molecule has 0 aliphatic rings. The van der Waals surface area contributed by atoms with Crippen molar-refractivity contribution in [2.24, 2.45) is 0 Å². The molecule has 0 bridgehead atoms. The summed E-state index contributed by atoms with van der Waals surface area (Å²) in [6, 6.07) is 5.98. The van der Waals surface area contributed by atoms with Crippen LogP contribution in [-0.4, -0.2) is 32.0 Å². The van der Waals surface area contributed by atoms with E-state index in [0.29, 0.717) is 17.9 Å². The Morgan fingerprint density at radius 2 is 2.00 bits per heavy atom. The molecule has 1 amide bonds. The lowest BCUT2D eigenvalue weighted by molar-refractivity contribution is 0.0911. The fourth-order valence-corrected chi connectivity index (χ4v) is 2.69. The second-order valence-electron chi connectivity index (χ2n) is 5.08. The van der Waals surface area contributed by atoms with Gasteiger partial charge in [0.15, 0.2) is 9.84 Å². The number of sulfone groups is 1. The van der Waals surface area contributed by atoms with Crippen LogP contribution in [0.5, 0.6) is 0 Å². The van der Waals surface area contributed by atoms with Gasteiger partial charge in [-0.05, 0) is 38.5 Å². The molecule has 0 saturated carbocycles. The molecule has 1 N–H and O–H groups in total. The summed E-state index contributed by atoms with van der Waals surface area (Å²) in [5, 5.41) is 2.83. The van der Waals surface area contributed by atoms with Crippen LogP contribution in [0.1, 0.15) is 30.6 Å². The number of halogens is 1. The molecule has 0 aromatic heterocycles. The van der Waals surface area contributed by atoms with E-state index < -0.39 is 15.4 Å². The summed E-state index contributed by atoms with van der Waals surface area (Å²) in [6.07, 6.45) is 1.74.